The van der Waals surface area contributed by atoms with Crippen molar-refractivity contribution in [1.29, 1.82) is 0 Å². The first-order chi connectivity index (χ1) is 9.57. The van der Waals surface area contributed by atoms with Gasteiger partial charge in [0.1, 0.15) is 5.75 Å². The highest BCUT2D eigenvalue weighted by atomic mass is 16.5. The summed E-state index contributed by atoms with van der Waals surface area (Å²) >= 11 is 0. The van der Waals surface area contributed by atoms with Gasteiger partial charge in [0, 0.05) is 12.0 Å². The first kappa shape index (κ1) is 13.2. The molecule has 1 aliphatic heterocycles. The monoisotopic (exact) mass is 267 g/mol. The van der Waals surface area contributed by atoms with Crippen LogP contribution in [0.2, 0.25) is 0 Å². The Balaban J connectivity index is 1.97. The van der Waals surface area contributed by atoms with Gasteiger partial charge in [-0.25, -0.2) is 0 Å². The van der Waals surface area contributed by atoms with E-state index in [2.05, 4.69) is 38.1 Å². The molecule has 0 aromatic heterocycles. The highest BCUT2D eigenvalue weighted by Crippen LogP contribution is 2.37. The first-order valence-corrected chi connectivity index (χ1v) is 7.15. The summed E-state index contributed by atoms with van der Waals surface area (Å²) in [5, 5.41) is 0. The van der Waals surface area contributed by atoms with Crippen LogP contribution in [0, 0.1) is 13.8 Å². The number of nitrogens with two attached hydrogens (primary N) is 1. The van der Waals surface area contributed by atoms with Gasteiger partial charge in [0.2, 0.25) is 0 Å². The Kier molecular flexibility index (Phi) is 3.27. The Morgan fingerprint density at radius 1 is 1.10 bits per heavy atom. The van der Waals surface area contributed by atoms with Gasteiger partial charge in [0.25, 0.3) is 0 Å². The van der Waals surface area contributed by atoms with E-state index < -0.39 is 0 Å². The molecule has 3 rings (SSSR count). The zero-order valence-corrected chi connectivity index (χ0v) is 12.1. The Hall–Kier alpha value is -1.80. The van der Waals surface area contributed by atoms with Crippen LogP contribution in [0.15, 0.2) is 42.5 Å². The molecule has 104 valence electrons. The zero-order valence-electron chi connectivity index (χ0n) is 12.1. The third-order valence-electron chi connectivity index (χ3n) is 4.03. The fourth-order valence-corrected chi connectivity index (χ4v) is 3.20. The van der Waals surface area contributed by atoms with E-state index in [1.165, 1.54) is 16.7 Å². The van der Waals surface area contributed by atoms with Crippen LogP contribution in [0.5, 0.6) is 5.75 Å². The lowest BCUT2D eigenvalue weighted by Crippen LogP contribution is -2.43. The maximum atomic E-state index is 6.72. The molecule has 0 bridgehead atoms. The van der Waals surface area contributed by atoms with Crippen LogP contribution in [0.1, 0.15) is 28.7 Å². The summed E-state index contributed by atoms with van der Waals surface area (Å²) in [5.41, 5.74) is 11.4. The summed E-state index contributed by atoms with van der Waals surface area (Å²) in [5.74, 6) is 0.936. The molecule has 0 spiro atoms. The van der Waals surface area contributed by atoms with Crippen LogP contribution in [-0.2, 0) is 12.0 Å². The van der Waals surface area contributed by atoms with E-state index in [1.54, 1.807) is 0 Å². The molecule has 0 radical (unpaired) electrons. The molecule has 2 heteroatoms. The lowest BCUT2D eigenvalue weighted by molar-refractivity contribution is 0.215. The minimum Gasteiger partial charge on any atom is -0.493 e. The van der Waals surface area contributed by atoms with E-state index >= 15 is 0 Å². The second-order valence-electron chi connectivity index (χ2n) is 5.92. The Morgan fingerprint density at radius 2 is 1.80 bits per heavy atom. The summed E-state index contributed by atoms with van der Waals surface area (Å²) in [6, 6.07) is 14.8. The third-order valence-corrected chi connectivity index (χ3v) is 4.03. The molecule has 1 atom stereocenters. The predicted molar refractivity (Wildman–Crippen MR) is 82.0 cm³/mol. The molecule has 0 aliphatic carbocycles. The minimum absolute atomic E-state index is 0.324. The number of ether oxygens (including phenoxy) is 1. The number of aryl methyl sites for hydroxylation is 2. The van der Waals surface area contributed by atoms with Crippen molar-refractivity contribution in [2.45, 2.75) is 32.2 Å². The summed E-state index contributed by atoms with van der Waals surface area (Å²) in [4.78, 5) is 0. The topological polar surface area (TPSA) is 35.2 Å². The van der Waals surface area contributed by atoms with Gasteiger partial charge >= 0.3 is 0 Å². The van der Waals surface area contributed by atoms with Crippen LogP contribution in [0.3, 0.4) is 0 Å². The average molecular weight is 267 g/mol. The van der Waals surface area contributed by atoms with Crippen molar-refractivity contribution >= 4 is 0 Å². The molecule has 1 unspecified atom stereocenters. The number of para-hydroxylation sites is 1. The summed E-state index contributed by atoms with van der Waals surface area (Å²) in [6.45, 7) is 4.97. The van der Waals surface area contributed by atoms with Crippen molar-refractivity contribution < 1.29 is 4.74 Å². The second-order valence-corrected chi connectivity index (χ2v) is 5.92. The van der Waals surface area contributed by atoms with Crippen LogP contribution in [0.25, 0.3) is 0 Å². The van der Waals surface area contributed by atoms with Gasteiger partial charge in [-0.15, -0.1) is 0 Å². The van der Waals surface area contributed by atoms with Crippen LogP contribution < -0.4 is 10.5 Å². The van der Waals surface area contributed by atoms with Crippen molar-refractivity contribution in [2.24, 2.45) is 5.73 Å². The molecular weight excluding hydrogens is 246 g/mol. The number of rotatable bonds is 2. The quantitative estimate of drug-likeness (QED) is 0.904. The zero-order chi connectivity index (χ0) is 14.2. The van der Waals surface area contributed by atoms with Crippen LogP contribution >= 0.6 is 0 Å². The van der Waals surface area contributed by atoms with Crippen molar-refractivity contribution in [3.05, 3.63) is 64.7 Å². The van der Waals surface area contributed by atoms with E-state index in [-0.39, 0.29) is 5.54 Å². The Labute approximate surface area is 120 Å². The molecule has 0 amide bonds. The maximum Gasteiger partial charge on any atom is 0.124 e. The van der Waals surface area contributed by atoms with E-state index in [9.17, 15) is 0 Å². The number of hydrogen-bond donors (Lipinski definition) is 1. The van der Waals surface area contributed by atoms with Gasteiger partial charge in [-0.05, 0) is 31.9 Å². The van der Waals surface area contributed by atoms with E-state index in [4.69, 9.17) is 10.5 Å². The van der Waals surface area contributed by atoms with Gasteiger partial charge in [-0.3, -0.25) is 0 Å². The largest absolute Gasteiger partial charge is 0.493 e. The smallest absolute Gasteiger partial charge is 0.124 e. The Morgan fingerprint density at radius 3 is 2.55 bits per heavy atom. The summed E-state index contributed by atoms with van der Waals surface area (Å²) in [6.07, 6.45) is 1.72. The number of hydrogen-bond acceptors (Lipinski definition) is 2. The standard InChI is InChI=1S/C18H21NO/c1-13-9-14(2)11-15(10-13)12-18(19)7-8-20-17-6-4-3-5-16(17)18/h3-6,9-11H,7-8,12,19H2,1-2H3. The molecule has 20 heavy (non-hydrogen) atoms. The summed E-state index contributed by atoms with van der Waals surface area (Å²) in [7, 11) is 0. The fourth-order valence-electron chi connectivity index (χ4n) is 3.20. The molecule has 2 aromatic rings. The van der Waals surface area contributed by atoms with Gasteiger partial charge < -0.3 is 10.5 Å². The highest BCUT2D eigenvalue weighted by Gasteiger charge is 2.33. The third kappa shape index (κ3) is 2.44. The van der Waals surface area contributed by atoms with E-state index in [1.807, 2.05) is 18.2 Å². The minimum atomic E-state index is -0.324. The van der Waals surface area contributed by atoms with Crippen molar-refractivity contribution in [3.63, 3.8) is 0 Å². The molecule has 0 fully saturated rings. The SMILES string of the molecule is Cc1cc(C)cc(CC2(N)CCOc3ccccc32)c1. The van der Waals surface area contributed by atoms with E-state index in [0.717, 1.165) is 24.2 Å². The highest BCUT2D eigenvalue weighted by molar-refractivity contribution is 5.42. The average Bonchev–Trinajstić information content (AvgIpc) is 2.37. The molecular formula is C18H21NO. The maximum absolute atomic E-state index is 6.72. The van der Waals surface area contributed by atoms with Crippen molar-refractivity contribution in [3.8, 4) is 5.75 Å². The molecule has 0 saturated heterocycles. The molecule has 1 aliphatic rings. The number of fused-ring (bicyclic) bond motifs is 1. The van der Waals surface area contributed by atoms with Crippen molar-refractivity contribution in [1.82, 2.24) is 0 Å². The lowest BCUT2D eigenvalue weighted by atomic mass is 9.80. The van der Waals surface area contributed by atoms with Gasteiger partial charge in [0.15, 0.2) is 0 Å². The molecule has 1 heterocycles. The van der Waals surface area contributed by atoms with Gasteiger partial charge in [-0.2, -0.15) is 0 Å². The fraction of sp³-hybridized carbons (Fsp3) is 0.333. The van der Waals surface area contributed by atoms with Crippen LogP contribution in [0.4, 0.5) is 0 Å². The van der Waals surface area contributed by atoms with E-state index in [0.29, 0.717) is 6.61 Å². The Bertz CT molecular complexity index is 615. The summed E-state index contributed by atoms with van der Waals surface area (Å²) < 4.78 is 5.72. The molecule has 0 saturated carbocycles. The van der Waals surface area contributed by atoms with Crippen molar-refractivity contribution in [2.75, 3.05) is 6.61 Å². The lowest BCUT2D eigenvalue weighted by Gasteiger charge is -2.36. The van der Waals surface area contributed by atoms with Gasteiger partial charge in [0.05, 0.1) is 12.1 Å². The molecule has 2 nitrogen and oxygen atoms in total. The molecule has 2 N–H and O–H groups in total. The normalized spacial score (nSPS) is 21.1. The first-order valence-electron chi connectivity index (χ1n) is 7.15. The predicted octanol–water partition coefficient (Wildman–Crippen LogP) is 3.48. The number of benzene rings is 2. The molecule has 2 aromatic carbocycles. The van der Waals surface area contributed by atoms with Crippen LogP contribution in [-0.4, -0.2) is 6.61 Å². The van der Waals surface area contributed by atoms with Gasteiger partial charge in [-0.1, -0.05) is 47.5 Å². The second kappa shape index (κ2) is 4.95.